The number of ether oxygens (including phenoxy) is 10. The average Bonchev–Trinajstić information content (AvgIpc) is 2.99. The molecule has 0 aliphatic carbocycles. The van der Waals surface area contributed by atoms with Gasteiger partial charge in [-0.2, -0.15) is 0 Å². The van der Waals surface area contributed by atoms with E-state index in [4.69, 9.17) is 60.2 Å². The third kappa shape index (κ3) is 32.4. The van der Waals surface area contributed by atoms with Crippen molar-refractivity contribution in [3.05, 3.63) is 0 Å². The lowest BCUT2D eigenvalue weighted by Gasteiger charge is -2.19. The summed E-state index contributed by atoms with van der Waals surface area (Å²) in [5.41, 5.74) is 0. The van der Waals surface area contributed by atoms with Crippen LogP contribution in [0.5, 0.6) is 0 Å². The van der Waals surface area contributed by atoms with Gasteiger partial charge in [0.05, 0.1) is 125 Å². The highest BCUT2D eigenvalue weighted by atomic mass is 16.6. The van der Waals surface area contributed by atoms with Crippen molar-refractivity contribution < 1.29 is 57.0 Å². The maximum Gasteiger partial charge on any atom is 0.222 e. The van der Waals surface area contributed by atoms with Crippen LogP contribution in [0, 0.1) is 24.7 Å². The Kier molecular flexibility index (Phi) is 33.3. The van der Waals surface area contributed by atoms with Crippen LogP contribution in [0.4, 0.5) is 0 Å². The standard InChI is InChI=1S/C29H49NO12/c1-3-8-33-12-16-39-22-24-41-26-28(27-42-25-23-40-17-13-34-9-4-2)30-29(32)6-11-36-15-19-38-21-20-37-18-14-35-10-5-7-31/h1-2,7,28H,5-6,8-27H2,(H,30,32). The first-order valence-corrected chi connectivity index (χ1v) is 14.1. The summed E-state index contributed by atoms with van der Waals surface area (Å²) in [6, 6.07) is -0.353. The van der Waals surface area contributed by atoms with Gasteiger partial charge in [0.1, 0.15) is 19.5 Å². The fourth-order valence-corrected chi connectivity index (χ4v) is 2.88. The van der Waals surface area contributed by atoms with Gasteiger partial charge in [-0.05, 0) is 0 Å². The first-order chi connectivity index (χ1) is 20.7. The second-order valence-corrected chi connectivity index (χ2v) is 8.31. The Morgan fingerprint density at radius 2 is 0.905 bits per heavy atom. The molecule has 0 saturated heterocycles. The molecule has 0 aromatic rings. The van der Waals surface area contributed by atoms with Crippen molar-refractivity contribution in [2.24, 2.45) is 0 Å². The number of amides is 1. The van der Waals surface area contributed by atoms with Gasteiger partial charge < -0.3 is 57.5 Å². The molecule has 0 saturated carbocycles. The Labute approximate surface area is 250 Å². The lowest BCUT2D eigenvalue weighted by Crippen LogP contribution is -2.42. The van der Waals surface area contributed by atoms with Gasteiger partial charge in [-0.25, -0.2) is 0 Å². The molecule has 0 bridgehead atoms. The number of terminal acetylenes is 2. The minimum Gasteiger partial charge on any atom is -0.379 e. The van der Waals surface area contributed by atoms with Crippen LogP contribution in [0.3, 0.4) is 0 Å². The van der Waals surface area contributed by atoms with E-state index in [9.17, 15) is 9.59 Å². The quantitative estimate of drug-likeness (QED) is 0.0596. The maximum atomic E-state index is 12.4. The highest BCUT2D eigenvalue weighted by Gasteiger charge is 2.13. The largest absolute Gasteiger partial charge is 0.379 e. The van der Waals surface area contributed by atoms with Gasteiger partial charge in [0.25, 0.3) is 0 Å². The molecule has 13 nitrogen and oxygen atoms in total. The SMILES string of the molecule is C#CCOCCOCCOCC(COCCOCCOCC#C)NC(=O)CCOCCOCCOCCOCCC=O. The second kappa shape index (κ2) is 35.1. The summed E-state index contributed by atoms with van der Waals surface area (Å²) >= 11 is 0. The topological polar surface area (TPSA) is 138 Å². The highest BCUT2D eigenvalue weighted by Crippen LogP contribution is 1.94. The van der Waals surface area contributed by atoms with Crippen LogP contribution in [0.1, 0.15) is 12.8 Å². The van der Waals surface area contributed by atoms with Crippen LogP contribution in [0.2, 0.25) is 0 Å². The molecule has 0 fully saturated rings. The van der Waals surface area contributed by atoms with Crippen LogP contribution in [-0.2, 0) is 57.0 Å². The van der Waals surface area contributed by atoms with Crippen LogP contribution < -0.4 is 5.32 Å². The van der Waals surface area contributed by atoms with Gasteiger partial charge in [0, 0.05) is 12.8 Å². The van der Waals surface area contributed by atoms with Crippen LogP contribution in [-0.4, -0.2) is 150 Å². The third-order valence-electron chi connectivity index (χ3n) is 4.83. The summed E-state index contributed by atoms with van der Waals surface area (Å²) in [6.45, 7) is 7.31. The Bertz CT molecular complexity index is 651. The molecule has 0 heterocycles. The zero-order chi connectivity index (χ0) is 30.6. The fourth-order valence-electron chi connectivity index (χ4n) is 2.88. The molecule has 242 valence electrons. The molecule has 0 spiro atoms. The predicted octanol–water partition coefficient (Wildman–Crippen LogP) is -0.117. The minimum atomic E-state index is -0.353. The summed E-state index contributed by atoms with van der Waals surface area (Å²) in [4.78, 5) is 22.6. The van der Waals surface area contributed by atoms with Crippen molar-refractivity contribution in [2.45, 2.75) is 18.9 Å². The number of nitrogens with one attached hydrogen (secondary N) is 1. The monoisotopic (exact) mass is 603 g/mol. The smallest absolute Gasteiger partial charge is 0.222 e. The van der Waals surface area contributed by atoms with E-state index < -0.39 is 0 Å². The van der Waals surface area contributed by atoms with Gasteiger partial charge in [-0.3, -0.25) is 4.79 Å². The number of aldehydes is 1. The molecular weight excluding hydrogens is 554 g/mol. The number of carbonyl (C=O) groups is 2. The summed E-state index contributed by atoms with van der Waals surface area (Å²) in [6.07, 6.45) is 11.6. The van der Waals surface area contributed by atoms with Crippen LogP contribution in [0.15, 0.2) is 0 Å². The van der Waals surface area contributed by atoms with Crippen molar-refractivity contribution >= 4 is 12.2 Å². The van der Waals surface area contributed by atoms with E-state index in [0.717, 1.165) is 6.29 Å². The number of hydrogen-bond donors (Lipinski definition) is 1. The van der Waals surface area contributed by atoms with E-state index in [2.05, 4.69) is 17.2 Å². The summed E-state index contributed by atoms with van der Waals surface area (Å²) in [5.74, 6) is 4.59. The van der Waals surface area contributed by atoms with Gasteiger partial charge in [0.2, 0.25) is 5.91 Å². The second-order valence-electron chi connectivity index (χ2n) is 8.31. The molecule has 0 aliphatic heterocycles. The molecule has 0 aliphatic rings. The molecule has 1 N–H and O–H groups in total. The van der Waals surface area contributed by atoms with E-state index in [0.29, 0.717) is 106 Å². The molecule has 13 heteroatoms. The molecule has 0 rings (SSSR count). The average molecular weight is 604 g/mol. The Morgan fingerprint density at radius 3 is 1.31 bits per heavy atom. The maximum absolute atomic E-state index is 12.4. The molecule has 0 aromatic carbocycles. The van der Waals surface area contributed by atoms with E-state index >= 15 is 0 Å². The summed E-state index contributed by atoms with van der Waals surface area (Å²) < 4.78 is 53.8. The molecule has 1 amide bonds. The number of hydrogen-bond acceptors (Lipinski definition) is 12. The zero-order valence-electron chi connectivity index (χ0n) is 24.8. The van der Waals surface area contributed by atoms with Gasteiger partial charge in [-0.1, -0.05) is 11.8 Å². The first-order valence-electron chi connectivity index (χ1n) is 14.1. The number of carbonyl (C=O) groups excluding carboxylic acids is 2. The fraction of sp³-hybridized carbons (Fsp3) is 0.793. The minimum absolute atomic E-state index is 0.180. The predicted molar refractivity (Wildman–Crippen MR) is 153 cm³/mol. The Hall–Kier alpha value is -2.14. The van der Waals surface area contributed by atoms with E-state index in [1.54, 1.807) is 0 Å². The highest BCUT2D eigenvalue weighted by molar-refractivity contribution is 5.76. The van der Waals surface area contributed by atoms with Crippen molar-refractivity contribution in [3.63, 3.8) is 0 Å². The van der Waals surface area contributed by atoms with Gasteiger partial charge in [-0.15, -0.1) is 12.8 Å². The lowest BCUT2D eigenvalue weighted by atomic mass is 10.3. The van der Waals surface area contributed by atoms with Crippen LogP contribution >= 0.6 is 0 Å². The summed E-state index contributed by atoms with van der Waals surface area (Å²) in [7, 11) is 0. The van der Waals surface area contributed by atoms with Crippen LogP contribution in [0.25, 0.3) is 0 Å². The molecular formula is C29H49NO12. The van der Waals surface area contributed by atoms with Crippen molar-refractivity contribution in [2.75, 3.05) is 132 Å². The molecule has 0 unspecified atom stereocenters. The lowest BCUT2D eigenvalue weighted by molar-refractivity contribution is -0.124. The molecule has 0 radical (unpaired) electrons. The van der Waals surface area contributed by atoms with Gasteiger partial charge >= 0.3 is 0 Å². The zero-order valence-corrected chi connectivity index (χ0v) is 24.8. The Balaban J connectivity index is 3.98. The third-order valence-corrected chi connectivity index (χ3v) is 4.83. The van der Waals surface area contributed by atoms with Gasteiger partial charge in [0.15, 0.2) is 0 Å². The molecule has 0 atom stereocenters. The number of rotatable bonds is 34. The van der Waals surface area contributed by atoms with Crippen molar-refractivity contribution in [3.8, 4) is 24.7 Å². The van der Waals surface area contributed by atoms with E-state index in [-0.39, 0.29) is 51.4 Å². The van der Waals surface area contributed by atoms with E-state index in [1.807, 2.05) is 0 Å². The van der Waals surface area contributed by atoms with E-state index in [1.165, 1.54) is 0 Å². The van der Waals surface area contributed by atoms with Crippen molar-refractivity contribution in [1.82, 2.24) is 5.32 Å². The Morgan fingerprint density at radius 1 is 0.548 bits per heavy atom. The first kappa shape index (κ1) is 39.9. The summed E-state index contributed by atoms with van der Waals surface area (Å²) in [5, 5.41) is 2.91. The van der Waals surface area contributed by atoms with Crippen molar-refractivity contribution in [1.29, 1.82) is 0 Å². The molecule has 0 aromatic heterocycles. The molecule has 42 heavy (non-hydrogen) atoms. The normalized spacial score (nSPS) is 10.9.